The number of hydrogen-bond donors (Lipinski definition) is 2. The quantitative estimate of drug-likeness (QED) is 0.185. The van der Waals surface area contributed by atoms with Crippen LogP contribution in [0.5, 0.6) is 11.5 Å². The van der Waals surface area contributed by atoms with Gasteiger partial charge in [0.25, 0.3) is 5.91 Å². The lowest BCUT2D eigenvalue weighted by Crippen LogP contribution is -2.44. The molecule has 45 heavy (non-hydrogen) atoms. The van der Waals surface area contributed by atoms with E-state index in [2.05, 4.69) is 26.5 Å². The number of carbonyl (C=O) groups is 1. The van der Waals surface area contributed by atoms with Gasteiger partial charge in [0.15, 0.2) is 17.2 Å². The molecule has 13 heteroatoms. The Bertz CT molecular complexity index is 1830. The van der Waals surface area contributed by atoms with Crippen LogP contribution < -0.4 is 15.8 Å². The maximum atomic E-state index is 15.5. The minimum atomic E-state index is -1.19. The van der Waals surface area contributed by atoms with Crippen LogP contribution in [-0.2, 0) is 11.3 Å². The molecule has 0 radical (unpaired) electrons. The Morgan fingerprint density at radius 1 is 1.22 bits per heavy atom. The first-order valence-corrected chi connectivity index (χ1v) is 14.5. The fourth-order valence-electron chi connectivity index (χ4n) is 5.72. The van der Waals surface area contributed by atoms with Crippen molar-refractivity contribution in [3.63, 3.8) is 0 Å². The number of halogens is 3. The smallest absolute Gasteiger partial charge is 0.264 e. The fourth-order valence-corrected chi connectivity index (χ4v) is 5.72. The van der Waals surface area contributed by atoms with Gasteiger partial charge in [0.1, 0.15) is 41.0 Å². The van der Waals surface area contributed by atoms with E-state index in [9.17, 15) is 18.8 Å². The predicted molar refractivity (Wildman–Crippen MR) is 162 cm³/mol. The number of hydrogen-bond acceptors (Lipinski definition) is 8. The van der Waals surface area contributed by atoms with E-state index in [1.54, 1.807) is 15.7 Å². The number of nitrogen functional groups attached to an aromatic ring is 1. The van der Waals surface area contributed by atoms with Crippen LogP contribution in [0.15, 0.2) is 54.4 Å². The molecule has 0 spiro atoms. The van der Waals surface area contributed by atoms with E-state index in [0.29, 0.717) is 24.0 Å². The molecule has 0 aliphatic carbocycles. The second kappa shape index (κ2) is 12.6. The number of ether oxygens (including phenoxy) is 1. The Kier molecular flexibility index (Phi) is 8.79. The first-order chi connectivity index (χ1) is 21.4. The van der Waals surface area contributed by atoms with Crippen molar-refractivity contribution in [1.29, 1.82) is 5.26 Å². The van der Waals surface area contributed by atoms with Gasteiger partial charge < -0.3 is 20.7 Å². The molecule has 1 saturated heterocycles. The molecule has 2 aromatic carbocycles. The lowest BCUT2D eigenvalue weighted by Gasteiger charge is -2.28. The van der Waals surface area contributed by atoms with Gasteiger partial charge in [-0.05, 0) is 57.0 Å². The monoisotopic (exact) mass is 618 g/mol. The molecule has 3 heterocycles. The van der Waals surface area contributed by atoms with E-state index in [0.717, 1.165) is 18.6 Å². The van der Waals surface area contributed by atoms with Gasteiger partial charge in [-0.25, -0.2) is 23.4 Å². The summed E-state index contributed by atoms with van der Waals surface area (Å²) in [5, 5.41) is 18.2. The topological polar surface area (TPSA) is 135 Å². The summed E-state index contributed by atoms with van der Waals surface area (Å²) in [5.41, 5.74) is 6.24. The van der Waals surface area contributed by atoms with Crippen molar-refractivity contribution in [3.8, 4) is 28.8 Å². The Morgan fingerprint density at radius 3 is 2.71 bits per heavy atom. The summed E-state index contributed by atoms with van der Waals surface area (Å²) in [4.78, 5) is 23.6. The van der Waals surface area contributed by atoms with Gasteiger partial charge in [0.2, 0.25) is 5.82 Å². The second-order valence-corrected chi connectivity index (χ2v) is 11.8. The van der Waals surface area contributed by atoms with Crippen molar-refractivity contribution in [1.82, 2.24) is 30.0 Å². The van der Waals surface area contributed by atoms with E-state index in [1.165, 1.54) is 30.6 Å². The Hall–Kier alpha value is -4.96. The number of nitrogens with zero attached hydrogens (tertiary/aromatic N) is 6. The molecular weight excluding hydrogens is 585 g/mol. The molecule has 1 amide bonds. The number of nitrogens with one attached hydrogen (secondary N) is 1. The lowest BCUT2D eigenvalue weighted by molar-refractivity contribution is -0.127. The SMILES string of the molecule is CC(C)NC(C)(C)C=C(C#N)C(=O)N1CCC[C@@H]1Cn1nc(-c2ccc(Oc3cccc(F)c3F)cc2F)c2c(N)ncnc21. The maximum absolute atomic E-state index is 15.5. The number of nitrogens with two attached hydrogens (primary N) is 1. The molecule has 1 fully saturated rings. The second-order valence-electron chi connectivity index (χ2n) is 11.8. The van der Waals surface area contributed by atoms with Crippen LogP contribution in [0.25, 0.3) is 22.3 Å². The molecule has 0 unspecified atom stereocenters. The van der Waals surface area contributed by atoms with Crippen LogP contribution in [0.3, 0.4) is 0 Å². The zero-order chi connectivity index (χ0) is 32.5. The number of fused-ring (bicyclic) bond motifs is 1. The van der Waals surface area contributed by atoms with Gasteiger partial charge in [-0.3, -0.25) is 4.79 Å². The third kappa shape index (κ3) is 6.61. The fraction of sp³-hybridized carbons (Fsp3) is 0.344. The van der Waals surface area contributed by atoms with Crippen LogP contribution in [0, 0.1) is 28.8 Å². The van der Waals surface area contributed by atoms with E-state index in [1.807, 2.05) is 27.7 Å². The number of amides is 1. The summed E-state index contributed by atoms with van der Waals surface area (Å²) in [5.74, 6) is -3.77. The van der Waals surface area contributed by atoms with Crippen LogP contribution in [0.4, 0.5) is 19.0 Å². The normalized spacial score (nSPS) is 15.6. The molecule has 0 saturated carbocycles. The number of carbonyl (C=O) groups excluding carboxylic acids is 1. The first-order valence-electron chi connectivity index (χ1n) is 14.5. The summed E-state index contributed by atoms with van der Waals surface area (Å²) in [7, 11) is 0. The van der Waals surface area contributed by atoms with Crippen molar-refractivity contribution in [2.24, 2.45) is 0 Å². The molecule has 1 aliphatic rings. The number of benzene rings is 2. The molecule has 4 aromatic rings. The molecule has 3 N–H and O–H groups in total. The Labute approximate surface area is 258 Å². The zero-order valence-corrected chi connectivity index (χ0v) is 25.3. The van der Waals surface area contributed by atoms with Gasteiger partial charge >= 0.3 is 0 Å². The van der Waals surface area contributed by atoms with Gasteiger partial charge in [-0.15, -0.1) is 0 Å². The molecule has 2 aromatic heterocycles. The molecule has 1 atom stereocenters. The Balaban J connectivity index is 1.45. The highest BCUT2D eigenvalue weighted by atomic mass is 19.2. The average Bonchev–Trinajstić information content (AvgIpc) is 3.59. The van der Waals surface area contributed by atoms with Crippen molar-refractivity contribution >= 4 is 22.8 Å². The predicted octanol–water partition coefficient (Wildman–Crippen LogP) is 5.50. The first kappa shape index (κ1) is 31.5. The molecule has 0 bridgehead atoms. The van der Waals surface area contributed by atoms with Gasteiger partial charge in [0, 0.05) is 29.8 Å². The number of nitriles is 1. The minimum absolute atomic E-state index is 0.0418. The molecule has 5 rings (SSSR count). The van der Waals surface area contributed by atoms with Crippen molar-refractivity contribution in [2.45, 2.75) is 64.7 Å². The number of anilines is 1. The minimum Gasteiger partial charge on any atom is -0.454 e. The number of likely N-dealkylation sites (tertiary alicyclic amines) is 1. The molecular formula is C32H33F3N8O2. The van der Waals surface area contributed by atoms with E-state index >= 15 is 4.39 Å². The van der Waals surface area contributed by atoms with Crippen LogP contribution in [-0.4, -0.2) is 54.7 Å². The standard InChI is InChI=1S/C32H33F3N8O2/c1-18(2)40-32(3,4)14-19(15-36)31(44)42-12-6-7-20(42)16-43-30-26(29(37)38-17-39-30)28(41-43)22-11-10-21(13-24(22)34)45-25-9-5-8-23(33)27(25)35/h5,8-11,13-14,17-18,20,40H,6-7,12,16H2,1-4H3,(H2,37,38,39)/t20-/m1/s1. The van der Waals surface area contributed by atoms with Crippen molar-refractivity contribution in [2.75, 3.05) is 12.3 Å². The summed E-state index contributed by atoms with van der Waals surface area (Å²) >= 11 is 0. The lowest BCUT2D eigenvalue weighted by atomic mass is 9.99. The summed E-state index contributed by atoms with van der Waals surface area (Å²) in [6.07, 6.45) is 4.32. The van der Waals surface area contributed by atoms with E-state index in [-0.39, 0.29) is 58.7 Å². The van der Waals surface area contributed by atoms with E-state index in [4.69, 9.17) is 10.5 Å². The highest BCUT2D eigenvalue weighted by Crippen LogP contribution is 2.35. The van der Waals surface area contributed by atoms with E-state index < -0.39 is 23.0 Å². The molecule has 1 aliphatic heterocycles. The van der Waals surface area contributed by atoms with Crippen molar-refractivity contribution < 1.29 is 22.7 Å². The average molecular weight is 619 g/mol. The van der Waals surface area contributed by atoms with Crippen LogP contribution in [0.1, 0.15) is 40.5 Å². The molecule has 10 nitrogen and oxygen atoms in total. The maximum Gasteiger partial charge on any atom is 0.264 e. The Morgan fingerprint density at radius 2 is 2.00 bits per heavy atom. The van der Waals surface area contributed by atoms with Gasteiger partial charge in [0.05, 0.1) is 18.0 Å². The largest absolute Gasteiger partial charge is 0.454 e. The number of rotatable bonds is 9. The summed E-state index contributed by atoms with van der Waals surface area (Å²) < 4.78 is 50.2. The third-order valence-corrected chi connectivity index (χ3v) is 7.44. The highest BCUT2D eigenvalue weighted by Gasteiger charge is 2.33. The van der Waals surface area contributed by atoms with Gasteiger partial charge in [-0.2, -0.15) is 14.8 Å². The third-order valence-electron chi connectivity index (χ3n) is 7.44. The summed E-state index contributed by atoms with van der Waals surface area (Å²) in [6, 6.07) is 9.18. The summed E-state index contributed by atoms with van der Waals surface area (Å²) in [6.45, 7) is 8.46. The molecule has 234 valence electrons. The van der Waals surface area contributed by atoms with Crippen LogP contribution >= 0.6 is 0 Å². The van der Waals surface area contributed by atoms with Gasteiger partial charge in [-0.1, -0.05) is 19.9 Å². The highest BCUT2D eigenvalue weighted by molar-refractivity contribution is 5.99. The number of aromatic nitrogens is 4. The van der Waals surface area contributed by atoms with Crippen molar-refractivity contribution in [3.05, 3.63) is 71.8 Å². The zero-order valence-electron chi connectivity index (χ0n) is 25.3. The van der Waals surface area contributed by atoms with Crippen LogP contribution in [0.2, 0.25) is 0 Å².